The van der Waals surface area contributed by atoms with Crippen molar-refractivity contribution in [2.24, 2.45) is 0 Å². The normalized spacial score (nSPS) is 10.3. The molecule has 0 fully saturated rings. The number of carbonyl (C=O) groups is 1. The molecule has 1 aromatic carbocycles. The van der Waals surface area contributed by atoms with E-state index in [0.717, 1.165) is 5.56 Å². The zero-order valence-electron chi connectivity index (χ0n) is 14.2. The fourth-order valence-electron chi connectivity index (χ4n) is 2.19. The third kappa shape index (κ3) is 4.76. The zero-order valence-corrected chi connectivity index (χ0v) is 14.2. The maximum absolute atomic E-state index is 12.0. The van der Waals surface area contributed by atoms with Crippen LogP contribution < -0.4 is 14.8 Å². The van der Waals surface area contributed by atoms with Crippen LogP contribution in [0.1, 0.15) is 11.4 Å². The van der Waals surface area contributed by atoms with Gasteiger partial charge in [-0.15, -0.1) is 10.2 Å². The summed E-state index contributed by atoms with van der Waals surface area (Å²) in [7, 11) is 1.53. The fourth-order valence-corrected chi connectivity index (χ4v) is 2.19. The second-order valence-corrected chi connectivity index (χ2v) is 5.29. The van der Waals surface area contributed by atoms with Crippen LogP contribution in [-0.4, -0.2) is 38.2 Å². The van der Waals surface area contributed by atoms with Crippen molar-refractivity contribution in [2.45, 2.75) is 19.7 Å². The summed E-state index contributed by atoms with van der Waals surface area (Å²) in [6.45, 7) is 0.438. The third-order valence-corrected chi connectivity index (χ3v) is 3.41. The first-order valence-corrected chi connectivity index (χ1v) is 7.93. The van der Waals surface area contributed by atoms with E-state index in [4.69, 9.17) is 9.47 Å². The highest BCUT2D eigenvalue weighted by Crippen LogP contribution is 2.12. The van der Waals surface area contributed by atoms with Crippen LogP contribution in [0.25, 0.3) is 0 Å². The zero-order chi connectivity index (χ0) is 18.2. The molecule has 9 heteroatoms. The number of para-hydroxylation sites is 1. The lowest BCUT2D eigenvalue weighted by molar-refractivity contribution is -0.122. The maximum Gasteiger partial charge on any atom is 0.243 e. The average Bonchev–Trinajstić information content (AvgIpc) is 3.13. The van der Waals surface area contributed by atoms with Crippen molar-refractivity contribution in [1.29, 1.82) is 0 Å². The monoisotopic (exact) mass is 354 g/mol. The Morgan fingerprint density at radius 2 is 2.04 bits per heavy atom. The lowest BCUT2D eigenvalue weighted by atomic mass is 10.2. The number of methoxy groups -OCH3 is 1. The number of carbonyl (C=O) groups excluding carboxylic acids is 1. The quantitative estimate of drug-likeness (QED) is 0.643. The van der Waals surface area contributed by atoms with Gasteiger partial charge in [0, 0.05) is 18.3 Å². The van der Waals surface area contributed by atoms with Gasteiger partial charge in [0.2, 0.25) is 17.6 Å². The van der Waals surface area contributed by atoms with E-state index in [1.807, 2.05) is 36.4 Å². The Morgan fingerprint density at radius 3 is 2.85 bits per heavy atom. The Morgan fingerprint density at radius 1 is 1.19 bits per heavy atom. The molecule has 0 aliphatic carbocycles. The number of nitrogens with zero attached hydrogens (tertiary/aromatic N) is 5. The summed E-state index contributed by atoms with van der Waals surface area (Å²) in [5.74, 6) is 1.35. The molecule has 1 N–H and O–H groups in total. The van der Waals surface area contributed by atoms with Crippen molar-refractivity contribution in [1.82, 2.24) is 30.5 Å². The number of benzene rings is 1. The molecule has 0 saturated carbocycles. The number of aromatic nitrogens is 5. The van der Waals surface area contributed by atoms with Crippen LogP contribution in [0.3, 0.4) is 0 Å². The summed E-state index contributed by atoms with van der Waals surface area (Å²) in [4.78, 5) is 17.3. The number of nitrogens with one attached hydrogen (secondary N) is 1. The molecule has 2 heterocycles. The topological polar surface area (TPSA) is 104 Å². The van der Waals surface area contributed by atoms with E-state index >= 15 is 0 Å². The standard InChI is InChI=1S/C17H18N6O3/c1-25-17-13(6-5-9-18-17)10-19-16(24)11-23-21-15(20-22-23)12-26-14-7-3-2-4-8-14/h2-9H,10-12H2,1H3,(H,19,24). The van der Waals surface area contributed by atoms with Gasteiger partial charge in [0.15, 0.2) is 6.61 Å². The first-order valence-electron chi connectivity index (χ1n) is 7.93. The number of hydrogen-bond acceptors (Lipinski definition) is 7. The minimum absolute atomic E-state index is 0.0408. The molecule has 134 valence electrons. The molecule has 0 spiro atoms. The van der Waals surface area contributed by atoms with Crippen LogP contribution in [0.5, 0.6) is 11.6 Å². The van der Waals surface area contributed by atoms with Crippen molar-refractivity contribution >= 4 is 5.91 Å². The Kier molecular flexibility index (Phi) is 5.71. The first-order chi connectivity index (χ1) is 12.7. The molecule has 3 rings (SSSR count). The third-order valence-electron chi connectivity index (χ3n) is 3.41. The Labute approximate surface area is 150 Å². The SMILES string of the molecule is COc1ncccc1CNC(=O)Cn1nnc(COc2ccccc2)n1. The molecule has 0 atom stereocenters. The molecule has 0 bridgehead atoms. The highest BCUT2D eigenvalue weighted by Gasteiger charge is 2.10. The number of ether oxygens (including phenoxy) is 2. The molecule has 0 aliphatic heterocycles. The lowest BCUT2D eigenvalue weighted by Gasteiger charge is -2.08. The highest BCUT2D eigenvalue weighted by atomic mass is 16.5. The van der Waals surface area contributed by atoms with E-state index in [-0.39, 0.29) is 19.1 Å². The van der Waals surface area contributed by atoms with E-state index in [1.54, 1.807) is 12.3 Å². The number of amides is 1. The van der Waals surface area contributed by atoms with Gasteiger partial charge in [0.05, 0.1) is 7.11 Å². The summed E-state index contributed by atoms with van der Waals surface area (Å²) in [5.41, 5.74) is 0.784. The van der Waals surface area contributed by atoms with Crippen LogP contribution in [0.15, 0.2) is 48.7 Å². The summed E-state index contributed by atoms with van der Waals surface area (Å²) in [6, 6.07) is 12.9. The van der Waals surface area contributed by atoms with Crippen LogP contribution in [0.4, 0.5) is 0 Å². The smallest absolute Gasteiger partial charge is 0.243 e. The van der Waals surface area contributed by atoms with E-state index < -0.39 is 0 Å². The van der Waals surface area contributed by atoms with Gasteiger partial charge >= 0.3 is 0 Å². The molecule has 3 aromatic rings. The van der Waals surface area contributed by atoms with Gasteiger partial charge in [0.1, 0.15) is 12.3 Å². The van der Waals surface area contributed by atoms with Gasteiger partial charge < -0.3 is 14.8 Å². The van der Waals surface area contributed by atoms with Crippen molar-refractivity contribution in [3.63, 3.8) is 0 Å². The van der Waals surface area contributed by atoms with Crippen LogP contribution >= 0.6 is 0 Å². The molecule has 9 nitrogen and oxygen atoms in total. The molecular formula is C17H18N6O3. The number of pyridine rings is 1. The van der Waals surface area contributed by atoms with Gasteiger partial charge in [-0.05, 0) is 23.4 Å². The highest BCUT2D eigenvalue weighted by molar-refractivity contribution is 5.75. The van der Waals surface area contributed by atoms with Crippen molar-refractivity contribution in [2.75, 3.05) is 7.11 Å². The molecule has 0 aliphatic rings. The number of tetrazole rings is 1. The summed E-state index contributed by atoms with van der Waals surface area (Å²) in [6.07, 6.45) is 1.63. The van der Waals surface area contributed by atoms with E-state index in [2.05, 4.69) is 25.7 Å². The first kappa shape index (κ1) is 17.3. The maximum atomic E-state index is 12.0. The summed E-state index contributed by atoms with van der Waals surface area (Å²) in [5, 5.41) is 14.6. The lowest BCUT2D eigenvalue weighted by Crippen LogP contribution is -2.28. The summed E-state index contributed by atoms with van der Waals surface area (Å²) < 4.78 is 10.7. The second kappa shape index (κ2) is 8.56. The average molecular weight is 354 g/mol. The number of rotatable bonds is 8. The minimum atomic E-state index is -0.246. The van der Waals surface area contributed by atoms with E-state index in [9.17, 15) is 4.79 Å². The Bertz CT molecular complexity index is 852. The molecule has 2 aromatic heterocycles. The fraction of sp³-hybridized carbons (Fsp3) is 0.235. The van der Waals surface area contributed by atoms with Gasteiger partial charge in [-0.1, -0.05) is 24.3 Å². The largest absolute Gasteiger partial charge is 0.485 e. The predicted molar refractivity (Wildman–Crippen MR) is 91.2 cm³/mol. The molecule has 26 heavy (non-hydrogen) atoms. The minimum Gasteiger partial charge on any atom is -0.485 e. The van der Waals surface area contributed by atoms with Gasteiger partial charge in [-0.2, -0.15) is 4.80 Å². The van der Waals surface area contributed by atoms with E-state index in [0.29, 0.717) is 24.0 Å². The van der Waals surface area contributed by atoms with Crippen molar-refractivity contribution in [3.8, 4) is 11.6 Å². The van der Waals surface area contributed by atoms with Gasteiger partial charge in [0.25, 0.3) is 0 Å². The van der Waals surface area contributed by atoms with E-state index in [1.165, 1.54) is 11.9 Å². The molecule has 1 amide bonds. The van der Waals surface area contributed by atoms with Gasteiger partial charge in [-0.25, -0.2) is 4.98 Å². The van der Waals surface area contributed by atoms with Crippen LogP contribution in [0.2, 0.25) is 0 Å². The predicted octanol–water partition coefficient (Wildman–Crippen LogP) is 0.972. The molecular weight excluding hydrogens is 336 g/mol. The van der Waals surface area contributed by atoms with Crippen LogP contribution in [-0.2, 0) is 24.5 Å². The Hall–Kier alpha value is -3.49. The van der Waals surface area contributed by atoms with Crippen LogP contribution in [0, 0.1) is 0 Å². The molecule has 0 saturated heterocycles. The molecule has 0 radical (unpaired) electrons. The van der Waals surface area contributed by atoms with Crippen molar-refractivity contribution < 1.29 is 14.3 Å². The van der Waals surface area contributed by atoms with Crippen molar-refractivity contribution in [3.05, 3.63) is 60.0 Å². The molecule has 0 unspecified atom stereocenters. The second-order valence-electron chi connectivity index (χ2n) is 5.29. The Balaban J connectivity index is 1.48. The van der Waals surface area contributed by atoms with Gasteiger partial charge in [-0.3, -0.25) is 4.79 Å². The number of hydrogen-bond donors (Lipinski definition) is 1. The summed E-state index contributed by atoms with van der Waals surface area (Å²) >= 11 is 0.